The minimum absolute atomic E-state index is 0.0136. The molecule has 2 aromatic heterocycles. The summed E-state index contributed by atoms with van der Waals surface area (Å²) in [6.07, 6.45) is 5.73. The smallest absolute Gasteiger partial charge is 0.0965 e. The van der Waals surface area contributed by atoms with Gasteiger partial charge in [-0.05, 0) is 26.8 Å². The molecule has 0 amide bonds. The van der Waals surface area contributed by atoms with Gasteiger partial charge >= 0.3 is 0 Å². The van der Waals surface area contributed by atoms with Gasteiger partial charge in [0.05, 0.1) is 24.0 Å². The highest BCUT2D eigenvalue weighted by atomic mass is 15.4. The minimum atomic E-state index is -0.0136. The van der Waals surface area contributed by atoms with Crippen LogP contribution in [0.2, 0.25) is 0 Å². The first-order chi connectivity index (χ1) is 8.55. The Morgan fingerprint density at radius 2 is 2.17 bits per heavy atom. The van der Waals surface area contributed by atoms with E-state index in [1.54, 1.807) is 6.20 Å². The maximum absolute atomic E-state index is 4.15. The van der Waals surface area contributed by atoms with Crippen LogP contribution in [-0.2, 0) is 18.6 Å². The molecule has 0 aliphatic heterocycles. The summed E-state index contributed by atoms with van der Waals surface area (Å²) >= 11 is 0. The molecular weight excluding hydrogens is 228 g/mol. The van der Waals surface area contributed by atoms with Crippen molar-refractivity contribution in [3.05, 3.63) is 30.4 Å². The van der Waals surface area contributed by atoms with Gasteiger partial charge in [-0.1, -0.05) is 5.21 Å². The Labute approximate surface area is 107 Å². The quantitative estimate of drug-likeness (QED) is 0.803. The van der Waals surface area contributed by atoms with Crippen LogP contribution in [0, 0.1) is 0 Å². The first-order valence-corrected chi connectivity index (χ1v) is 6.15. The molecule has 0 aromatic carbocycles. The van der Waals surface area contributed by atoms with Gasteiger partial charge in [-0.2, -0.15) is 5.10 Å². The topological polar surface area (TPSA) is 60.6 Å². The van der Waals surface area contributed by atoms with Gasteiger partial charge in [0.2, 0.25) is 0 Å². The number of rotatable bonds is 5. The molecule has 98 valence electrons. The molecule has 0 aliphatic rings. The fourth-order valence-electron chi connectivity index (χ4n) is 1.55. The first kappa shape index (κ1) is 12.8. The van der Waals surface area contributed by atoms with Crippen LogP contribution in [0.5, 0.6) is 0 Å². The summed E-state index contributed by atoms with van der Waals surface area (Å²) in [5.74, 6) is 0. The Morgan fingerprint density at radius 3 is 2.78 bits per heavy atom. The summed E-state index contributed by atoms with van der Waals surface area (Å²) in [7, 11) is 0. The number of nitrogens with zero attached hydrogens (tertiary/aromatic N) is 5. The molecule has 2 aromatic rings. The number of hydrogen-bond acceptors (Lipinski definition) is 4. The van der Waals surface area contributed by atoms with Gasteiger partial charge in [-0.15, -0.1) is 5.10 Å². The largest absolute Gasteiger partial charge is 0.309 e. The van der Waals surface area contributed by atoms with Crippen molar-refractivity contribution in [2.45, 2.75) is 39.4 Å². The third-order valence-corrected chi connectivity index (χ3v) is 2.61. The summed E-state index contributed by atoms with van der Waals surface area (Å²) in [5.41, 5.74) is 0.950. The van der Waals surface area contributed by atoms with Crippen LogP contribution in [0.1, 0.15) is 26.5 Å². The Balaban J connectivity index is 1.75. The zero-order valence-electron chi connectivity index (χ0n) is 11.2. The highest BCUT2D eigenvalue weighted by Gasteiger charge is 2.14. The van der Waals surface area contributed by atoms with Gasteiger partial charge < -0.3 is 5.32 Å². The predicted octanol–water partition coefficient (Wildman–Crippen LogP) is 1.02. The third-order valence-electron chi connectivity index (χ3n) is 2.61. The lowest BCUT2D eigenvalue weighted by Crippen LogP contribution is -2.22. The molecule has 2 rings (SSSR count). The highest BCUT2D eigenvalue weighted by Crippen LogP contribution is 2.11. The van der Waals surface area contributed by atoms with Crippen molar-refractivity contribution in [3.8, 4) is 0 Å². The Morgan fingerprint density at radius 1 is 1.33 bits per heavy atom. The molecule has 18 heavy (non-hydrogen) atoms. The molecule has 0 spiro atoms. The maximum Gasteiger partial charge on any atom is 0.0965 e. The molecule has 2 heterocycles. The van der Waals surface area contributed by atoms with E-state index in [1.165, 1.54) is 0 Å². The molecule has 0 radical (unpaired) electrons. The molecule has 0 saturated carbocycles. The van der Waals surface area contributed by atoms with E-state index in [2.05, 4.69) is 41.5 Å². The second-order valence-electron chi connectivity index (χ2n) is 5.27. The van der Waals surface area contributed by atoms with E-state index < -0.39 is 0 Å². The fourth-order valence-corrected chi connectivity index (χ4v) is 1.55. The van der Waals surface area contributed by atoms with Crippen molar-refractivity contribution in [3.63, 3.8) is 0 Å². The number of hydrogen-bond donors (Lipinski definition) is 1. The fraction of sp³-hybridized carbons (Fsp3) is 0.583. The molecule has 0 atom stereocenters. The van der Waals surface area contributed by atoms with Crippen molar-refractivity contribution in [2.75, 3.05) is 6.54 Å². The van der Waals surface area contributed by atoms with Crippen LogP contribution in [0.25, 0.3) is 0 Å². The second-order valence-corrected chi connectivity index (χ2v) is 5.27. The summed E-state index contributed by atoms with van der Waals surface area (Å²) in [6.45, 7) is 8.78. The van der Waals surface area contributed by atoms with Gasteiger partial charge in [0.15, 0.2) is 0 Å². The lowest BCUT2D eigenvalue weighted by Gasteiger charge is -2.17. The maximum atomic E-state index is 4.15. The normalized spacial score (nSPS) is 11.9. The molecule has 0 fully saturated rings. The molecule has 6 nitrogen and oxygen atoms in total. The van der Waals surface area contributed by atoms with Crippen molar-refractivity contribution >= 4 is 0 Å². The number of aromatic nitrogens is 5. The van der Waals surface area contributed by atoms with E-state index in [0.29, 0.717) is 0 Å². The van der Waals surface area contributed by atoms with Crippen LogP contribution in [0.3, 0.4) is 0 Å². The van der Waals surface area contributed by atoms with E-state index in [-0.39, 0.29) is 5.54 Å². The van der Waals surface area contributed by atoms with Crippen molar-refractivity contribution in [1.29, 1.82) is 0 Å². The zero-order valence-corrected chi connectivity index (χ0v) is 11.2. The van der Waals surface area contributed by atoms with Gasteiger partial charge in [0, 0.05) is 25.5 Å². The van der Waals surface area contributed by atoms with Gasteiger partial charge in [0.25, 0.3) is 0 Å². The Hall–Kier alpha value is -1.69. The van der Waals surface area contributed by atoms with Crippen LogP contribution < -0.4 is 5.32 Å². The molecule has 1 N–H and O–H groups in total. The summed E-state index contributed by atoms with van der Waals surface area (Å²) in [6, 6.07) is 1.93. The molecule has 6 heteroatoms. The SMILES string of the molecule is CC(C)(C)n1cc(CNCCn2cccn2)nn1. The molecular formula is C12H20N6. The van der Waals surface area contributed by atoms with E-state index in [4.69, 9.17) is 0 Å². The molecule has 0 aliphatic carbocycles. The summed E-state index contributed by atoms with van der Waals surface area (Å²) in [5, 5.41) is 15.7. The van der Waals surface area contributed by atoms with E-state index in [9.17, 15) is 0 Å². The summed E-state index contributed by atoms with van der Waals surface area (Å²) < 4.78 is 3.79. The van der Waals surface area contributed by atoms with Crippen LogP contribution in [-0.4, -0.2) is 31.3 Å². The zero-order chi connectivity index (χ0) is 13.0. The molecule has 0 saturated heterocycles. The monoisotopic (exact) mass is 248 g/mol. The standard InChI is InChI=1S/C12H20N6/c1-12(2,3)18-10-11(15-16-18)9-13-6-8-17-7-4-5-14-17/h4-5,7,10,13H,6,8-9H2,1-3H3. The molecule has 0 unspecified atom stereocenters. The molecule has 0 bridgehead atoms. The first-order valence-electron chi connectivity index (χ1n) is 6.15. The number of nitrogens with one attached hydrogen (secondary N) is 1. The van der Waals surface area contributed by atoms with Crippen LogP contribution in [0.4, 0.5) is 0 Å². The third kappa shape index (κ3) is 3.40. The van der Waals surface area contributed by atoms with Crippen LogP contribution >= 0.6 is 0 Å². The second kappa shape index (κ2) is 5.30. The Kier molecular flexibility index (Phi) is 3.76. The van der Waals surface area contributed by atoms with Crippen molar-refractivity contribution < 1.29 is 0 Å². The van der Waals surface area contributed by atoms with E-state index in [1.807, 2.05) is 27.8 Å². The summed E-state index contributed by atoms with van der Waals surface area (Å²) in [4.78, 5) is 0. The van der Waals surface area contributed by atoms with Gasteiger partial charge in [-0.25, -0.2) is 4.68 Å². The van der Waals surface area contributed by atoms with Crippen molar-refractivity contribution in [1.82, 2.24) is 30.1 Å². The van der Waals surface area contributed by atoms with Crippen LogP contribution in [0.15, 0.2) is 24.7 Å². The minimum Gasteiger partial charge on any atom is -0.309 e. The lowest BCUT2D eigenvalue weighted by molar-refractivity contribution is 0.347. The lowest BCUT2D eigenvalue weighted by atomic mass is 10.1. The van der Waals surface area contributed by atoms with Gasteiger partial charge in [-0.3, -0.25) is 4.68 Å². The Bertz CT molecular complexity index is 465. The van der Waals surface area contributed by atoms with E-state index in [0.717, 1.165) is 25.3 Å². The van der Waals surface area contributed by atoms with E-state index >= 15 is 0 Å². The van der Waals surface area contributed by atoms with Gasteiger partial charge in [0.1, 0.15) is 0 Å². The van der Waals surface area contributed by atoms with Crippen molar-refractivity contribution in [2.24, 2.45) is 0 Å². The predicted molar refractivity (Wildman–Crippen MR) is 69.0 cm³/mol. The average Bonchev–Trinajstić information content (AvgIpc) is 2.95. The average molecular weight is 248 g/mol. The highest BCUT2D eigenvalue weighted by molar-refractivity contribution is 4.94.